The maximum Gasteiger partial charge on any atom is 0.0638 e. The van der Waals surface area contributed by atoms with Crippen molar-refractivity contribution >= 4 is 0 Å². The summed E-state index contributed by atoms with van der Waals surface area (Å²) in [5, 5.41) is 12.1. The average Bonchev–Trinajstić information content (AvgIpc) is 2.10. The first-order valence-electron chi connectivity index (χ1n) is 5.66. The molecule has 1 atom stereocenters. The minimum atomic E-state index is 0.256. The summed E-state index contributed by atoms with van der Waals surface area (Å²) in [6.45, 7) is 8.64. The molecule has 0 aliphatic carbocycles. The van der Waals surface area contributed by atoms with Crippen molar-refractivity contribution in [3.8, 4) is 6.07 Å². The standard InChI is InChI=1S/C12H25N3/c1-6-11(7-8-13)14-9-12(2,3)10-15(4)5/h11,14H,6-7,9-10H2,1-5H3. The number of nitrogens with zero attached hydrogens (tertiary/aromatic N) is 2. The number of nitrogens with one attached hydrogen (secondary N) is 1. The van der Waals surface area contributed by atoms with Crippen LogP contribution in [0.5, 0.6) is 0 Å². The van der Waals surface area contributed by atoms with Crippen LogP contribution in [-0.2, 0) is 0 Å². The van der Waals surface area contributed by atoms with E-state index in [1.54, 1.807) is 0 Å². The van der Waals surface area contributed by atoms with Gasteiger partial charge in [-0.1, -0.05) is 20.8 Å². The Kier molecular flexibility index (Phi) is 6.55. The molecule has 0 aromatic rings. The van der Waals surface area contributed by atoms with Crippen LogP contribution in [0.3, 0.4) is 0 Å². The smallest absolute Gasteiger partial charge is 0.0638 e. The molecule has 0 heterocycles. The van der Waals surface area contributed by atoms with E-state index >= 15 is 0 Å². The van der Waals surface area contributed by atoms with Gasteiger partial charge in [-0.15, -0.1) is 0 Å². The number of hydrogen-bond donors (Lipinski definition) is 1. The van der Waals surface area contributed by atoms with Crippen LogP contribution in [-0.4, -0.2) is 38.1 Å². The van der Waals surface area contributed by atoms with Crippen molar-refractivity contribution in [1.82, 2.24) is 10.2 Å². The predicted molar refractivity (Wildman–Crippen MR) is 64.6 cm³/mol. The van der Waals surface area contributed by atoms with E-state index in [4.69, 9.17) is 5.26 Å². The zero-order valence-electron chi connectivity index (χ0n) is 10.8. The molecule has 0 bridgehead atoms. The van der Waals surface area contributed by atoms with Crippen molar-refractivity contribution in [3.63, 3.8) is 0 Å². The normalized spacial score (nSPS) is 13.9. The Labute approximate surface area is 94.5 Å². The second-order valence-corrected chi connectivity index (χ2v) is 5.25. The summed E-state index contributed by atoms with van der Waals surface area (Å²) in [5.74, 6) is 0. The fourth-order valence-corrected chi connectivity index (χ4v) is 1.80. The van der Waals surface area contributed by atoms with Gasteiger partial charge < -0.3 is 10.2 Å². The molecule has 0 saturated carbocycles. The predicted octanol–water partition coefficient (Wildman–Crippen LogP) is 1.86. The van der Waals surface area contributed by atoms with Gasteiger partial charge in [0.1, 0.15) is 0 Å². The highest BCUT2D eigenvalue weighted by molar-refractivity contribution is 4.82. The largest absolute Gasteiger partial charge is 0.312 e. The van der Waals surface area contributed by atoms with Gasteiger partial charge >= 0.3 is 0 Å². The highest BCUT2D eigenvalue weighted by Crippen LogP contribution is 2.15. The fraction of sp³-hybridized carbons (Fsp3) is 0.917. The lowest BCUT2D eigenvalue weighted by Gasteiger charge is -2.30. The van der Waals surface area contributed by atoms with Crippen LogP contribution < -0.4 is 5.32 Å². The molecular weight excluding hydrogens is 186 g/mol. The van der Waals surface area contributed by atoms with Crippen molar-refractivity contribution in [2.24, 2.45) is 5.41 Å². The van der Waals surface area contributed by atoms with Crippen LogP contribution in [0.15, 0.2) is 0 Å². The SMILES string of the molecule is CCC(CC#N)NCC(C)(C)CN(C)C. The Morgan fingerprint density at radius 1 is 1.40 bits per heavy atom. The molecule has 1 N–H and O–H groups in total. The first kappa shape index (κ1) is 14.4. The van der Waals surface area contributed by atoms with Gasteiger partial charge in [-0.2, -0.15) is 5.26 Å². The molecule has 0 aliphatic heterocycles. The quantitative estimate of drug-likeness (QED) is 0.698. The van der Waals surface area contributed by atoms with E-state index in [2.05, 4.69) is 51.2 Å². The summed E-state index contributed by atoms with van der Waals surface area (Å²) in [6.07, 6.45) is 1.63. The van der Waals surface area contributed by atoms with Gasteiger partial charge in [-0.3, -0.25) is 0 Å². The molecule has 0 aliphatic rings. The van der Waals surface area contributed by atoms with Crippen LogP contribution in [0.1, 0.15) is 33.6 Å². The number of rotatable bonds is 7. The first-order valence-corrected chi connectivity index (χ1v) is 5.66. The minimum absolute atomic E-state index is 0.256. The first-order chi connectivity index (χ1) is 6.91. The lowest BCUT2D eigenvalue weighted by molar-refractivity contribution is 0.224. The summed E-state index contributed by atoms with van der Waals surface area (Å²) in [5.41, 5.74) is 0.256. The molecule has 0 spiro atoms. The lowest BCUT2D eigenvalue weighted by atomic mass is 9.92. The van der Waals surface area contributed by atoms with Crippen LogP contribution >= 0.6 is 0 Å². The molecule has 15 heavy (non-hydrogen) atoms. The van der Waals surface area contributed by atoms with Gasteiger partial charge in [0.25, 0.3) is 0 Å². The topological polar surface area (TPSA) is 39.1 Å². The van der Waals surface area contributed by atoms with E-state index in [0.717, 1.165) is 19.5 Å². The monoisotopic (exact) mass is 211 g/mol. The average molecular weight is 211 g/mol. The zero-order valence-corrected chi connectivity index (χ0v) is 10.8. The van der Waals surface area contributed by atoms with Crippen molar-refractivity contribution in [1.29, 1.82) is 5.26 Å². The lowest BCUT2D eigenvalue weighted by Crippen LogP contribution is -2.41. The second kappa shape index (κ2) is 6.81. The van der Waals surface area contributed by atoms with Crippen LogP contribution in [0, 0.1) is 16.7 Å². The highest BCUT2D eigenvalue weighted by Gasteiger charge is 2.19. The van der Waals surface area contributed by atoms with E-state index in [9.17, 15) is 0 Å². The van der Waals surface area contributed by atoms with Crippen molar-refractivity contribution in [2.75, 3.05) is 27.2 Å². The Morgan fingerprint density at radius 3 is 2.40 bits per heavy atom. The molecule has 0 aromatic carbocycles. The van der Waals surface area contributed by atoms with E-state index in [-0.39, 0.29) is 5.41 Å². The van der Waals surface area contributed by atoms with Crippen LogP contribution in [0.25, 0.3) is 0 Å². The zero-order chi connectivity index (χ0) is 11.9. The Morgan fingerprint density at radius 2 is 2.00 bits per heavy atom. The van der Waals surface area contributed by atoms with Gasteiger partial charge in [-0.05, 0) is 25.9 Å². The molecule has 0 fully saturated rings. The van der Waals surface area contributed by atoms with E-state index in [1.165, 1.54) is 0 Å². The summed E-state index contributed by atoms with van der Waals surface area (Å²) in [4.78, 5) is 2.20. The Balaban J connectivity index is 3.95. The molecule has 1 unspecified atom stereocenters. The summed E-state index contributed by atoms with van der Waals surface area (Å²) < 4.78 is 0. The van der Waals surface area contributed by atoms with Crippen molar-refractivity contribution in [2.45, 2.75) is 39.7 Å². The molecule has 0 amide bonds. The Bertz CT molecular complexity index is 203. The molecule has 0 rings (SSSR count). The summed E-state index contributed by atoms with van der Waals surface area (Å²) >= 11 is 0. The molecule has 0 saturated heterocycles. The van der Waals surface area contributed by atoms with Crippen LogP contribution in [0.4, 0.5) is 0 Å². The molecule has 0 aromatic heterocycles. The minimum Gasteiger partial charge on any atom is -0.312 e. The van der Waals surface area contributed by atoms with E-state index in [1.807, 2.05) is 0 Å². The maximum atomic E-state index is 8.64. The van der Waals surface area contributed by atoms with Crippen molar-refractivity contribution in [3.05, 3.63) is 0 Å². The third-order valence-corrected chi connectivity index (χ3v) is 2.44. The molecule has 88 valence electrons. The van der Waals surface area contributed by atoms with Gasteiger partial charge in [0.05, 0.1) is 12.5 Å². The van der Waals surface area contributed by atoms with Gasteiger partial charge in [0.15, 0.2) is 0 Å². The fourth-order valence-electron chi connectivity index (χ4n) is 1.80. The van der Waals surface area contributed by atoms with E-state index < -0.39 is 0 Å². The summed E-state index contributed by atoms with van der Waals surface area (Å²) in [7, 11) is 4.18. The highest BCUT2D eigenvalue weighted by atomic mass is 15.1. The van der Waals surface area contributed by atoms with E-state index in [0.29, 0.717) is 12.5 Å². The van der Waals surface area contributed by atoms with Gasteiger partial charge in [0.2, 0.25) is 0 Å². The second-order valence-electron chi connectivity index (χ2n) is 5.25. The van der Waals surface area contributed by atoms with Crippen molar-refractivity contribution < 1.29 is 0 Å². The third kappa shape index (κ3) is 7.35. The molecular formula is C12H25N3. The van der Waals surface area contributed by atoms with Gasteiger partial charge in [0, 0.05) is 19.1 Å². The summed E-state index contributed by atoms with van der Waals surface area (Å²) in [6, 6.07) is 2.57. The van der Waals surface area contributed by atoms with Gasteiger partial charge in [-0.25, -0.2) is 0 Å². The van der Waals surface area contributed by atoms with Crippen LogP contribution in [0.2, 0.25) is 0 Å². The molecule has 0 radical (unpaired) electrons. The molecule has 3 heteroatoms. The Hall–Kier alpha value is -0.590. The number of hydrogen-bond acceptors (Lipinski definition) is 3. The molecule has 3 nitrogen and oxygen atoms in total. The maximum absolute atomic E-state index is 8.64. The third-order valence-electron chi connectivity index (χ3n) is 2.44. The number of nitriles is 1.